The van der Waals surface area contributed by atoms with Gasteiger partial charge < -0.3 is 9.88 Å². The monoisotopic (exact) mass is 379 g/mol. The molecule has 0 bridgehead atoms. The molecule has 0 spiro atoms. The first-order chi connectivity index (χ1) is 13.6. The van der Waals surface area contributed by atoms with Crippen LogP contribution in [0.5, 0.6) is 0 Å². The third-order valence-corrected chi connectivity index (χ3v) is 6.18. The summed E-state index contributed by atoms with van der Waals surface area (Å²) in [6, 6.07) is 14.5. The first kappa shape index (κ1) is 17.2. The predicted octanol–water partition coefficient (Wildman–Crippen LogP) is 3.44. The van der Waals surface area contributed by atoms with Crippen LogP contribution in [0.15, 0.2) is 53.3 Å². The number of piperidine rings is 1. The maximum absolute atomic E-state index is 14.0. The molecule has 2 heterocycles. The molecule has 0 radical (unpaired) electrons. The van der Waals surface area contributed by atoms with E-state index >= 15 is 0 Å². The molecular weight excluding hydrogens is 357 g/mol. The number of nitrogens with one attached hydrogen (secondary N) is 1. The molecule has 2 atom stereocenters. The lowest BCUT2D eigenvalue weighted by atomic mass is 10.0. The van der Waals surface area contributed by atoms with Crippen LogP contribution in [0.25, 0.3) is 11.0 Å². The first-order valence-electron chi connectivity index (χ1n) is 9.86. The number of carbonyl (C=O) groups excluding carboxylic acids is 1. The van der Waals surface area contributed by atoms with E-state index in [9.17, 15) is 14.0 Å². The fourth-order valence-electron chi connectivity index (χ4n) is 4.60. The molecule has 6 heteroatoms. The SMILES string of the molecule is O=C([C@H]1C[C@H]1c1ccccc1F)N1CCC(n2c(=O)[nH]c3ccccc32)CC1. The van der Waals surface area contributed by atoms with Gasteiger partial charge in [-0.15, -0.1) is 0 Å². The molecule has 1 saturated carbocycles. The molecule has 1 saturated heterocycles. The van der Waals surface area contributed by atoms with E-state index < -0.39 is 0 Å². The van der Waals surface area contributed by atoms with Gasteiger partial charge in [0, 0.05) is 25.0 Å². The van der Waals surface area contributed by atoms with Crippen molar-refractivity contribution in [3.8, 4) is 0 Å². The largest absolute Gasteiger partial charge is 0.342 e. The molecule has 1 amide bonds. The molecule has 1 aromatic heterocycles. The number of benzene rings is 2. The van der Waals surface area contributed by atoms with Crippen molar-refractivity contribution in [3.05, 3.63) is 70.4 Å². The van der Waals surface area contributed by atoms with Crippen molar-refractivity contribution in [1.82, 2.24) is 14.5 Å². The van der Waals surface area contributed by atoms with Gasteiger partial charge in [0.15, 0.2) is 0 Å². The smallest absolute Gasteiger partial charge is 0.326 e. The summed E-state index contributed by atoms with van der Waals surface area (Å²) in [5, 5.41) is 0. The van der Waals surface area contributed by atoms with E-state index in [1.807, 2.05) is 39.8 Å². The summed E-state index contributed by atoms with van der Waals surface area (Å²) in [4.78, 5) is 30.0. The van der Waals surface area contributed by atoms with Gasteiger partial charge in [-0.1, -0.05) is 30.3 Å². The van der Waals surface area contributed by atoms with E-state index in [0.29, 0.717) is 18.7 Å². The van der Waals surface area contributed by atoms with Crippen molar-refractivity contribution in [2.24, 2.45) is 5.92 Å². The Morgan fingerprint density at radius 1 is 1.04 bits per heavy atom. The fourth-order valence-corrected chi connectivity index (χ4v) is 4.60. The van der Waals surface area contributed by atoms with E-state index in [2.05, 4.69) is 4.98 Å². The topological polar surface area (TPSA) is 58.1 Å². The minimum Gasteiger partial charge on any atom is -0.342 e. The van der Waals surface area contributed by atoms with Gasteiger partial charge in [0.05, 0.1) is 11.0 Å². The third kappa shape index (κ3) is 2.84. The summed E-state index contributed by atoms with van der Waals surface area (Å²) in [6.45, 7) is 1.27. The molecule has 0 unspecified atom stereocenters. The average Bonchev–Trinajstić information content (AvgIpc) is 3.43. The zero-order chi connectivity index (χ0) is 19.3. The Morgan fingerprint density at radius 2 is 1.75 bits per heavy atom. The summed E-state index contributed by atoms with van der Waals surface area (Å²) in [5.74, 6) is -0.204. The van der Waals surface area contributed by atoms with Crippen molar-refractivity contribution in [1.29, 1.82) is 0 Å². The lowest BCUT2D eigenvalue weighted by Gasteiger charge is -2.32. The Kier molecular flexibility index (Phi) is 4.07. The molecule has 144 valence electrons. The number of hydrogen-bond donors (Lipinski definition) is 1. The van der Waals surface area contributed by atoms with Crippen molar-refractivity contribution in [3.63, 3.8) is 0 Å². The van der Waals surface area contributed by atoms with Crippen LogP contribution in [0.4, 0.5) is 4.39 Å². The van der Waals surface area contributed by atoms with Crippen molar-refractivity contribution < 1.29 is 9.18 Å². The Bertz CT molecular complexity index is 1090. The molecule has 2 aliphatic rings. The van der Waals surface area contributed by atoms with Gasteiger partial charge >= 0.3 is 5.69 Å². The molecular formula is C22H22FN3O2. The van der Waals surface area contributed by atoms with Crippen LogP contribution in [0, 0.1) is 11.7 Å². The highest BCUT2D eigenvalue weighted by molar-refractivity contribution is 5.83. The number of nitrogens with zero attached hydrogens (tertiary/aromatic N) is 2. The Hall–Kier alpha value is -2.89. The number of fused-ring (bicyclic) bond motifs is 1. The normalized spacial score (nSPS) is 22.5. The highest BCUT2D eigenvalue weighted by Gasteiger charge is 2.47. The second-order valence-electron chi connectivity index (χ2n) is 7.84. The van der Waals surface area contributed by atoms with Gasteiger partial charge in [0.25, 0.3) is 0 Å². The average molecular weight is 379 g/mol. The maximum atomic E-state index is 14.0. The number of H-pyrrole nitrogens is 1. The first-order valence-corrected chi connectivity index (χ1v) is 9.86. The Labute approximate surface area is 161 Å². The molecule has 1 N–H and O–H groups in total. The highest BCUT2D eigenvalue weighted by Crippen LogP contribution is 2.49. The molecule has 1 aliphatic heterocycles. The number of carbonyl (C=O) groups is 1. The molecule has 2 fully saturated rings. The summed E-state index contributed by atoms with van der Waals surface area (Å²) in [5.41, 5.74) is 2.32. The van der Waals surface area contributed by atoms with Gasteiger partial charge in [-0.05, 0) is 48.9 Å². The minimum atomic E-state index is -0.222. The Morgan fingerprint density at radius 3 is 2.54 bits per heavy atom. The number of aromatic amines is 1. The van der Waals surface area contributed by atoms with Gasteiger partial charge in [-0.25, -0.2) is 9.18 Å². The van der Waals surface area contributed by atoms with E-state index in [0.717, 1.165) is 30.3 Å². The summed E-state index contributed by atoms with van der Waals surface area (Å²) in [6.07, 6.45) is 2.23. The van der Waals surface area contributed by atoms with Crippen molar-refractivity contribution in [2.75, 3.05) is 13.1 Å². The van der Waals surface area contributed by atoms with Gasteiger partial charge in [0.2, 0.25) is 5.91 Å². The molecule has 5 nitrogen and oxygen atoms in total. The number of likely N-dealkylation sites (tertiary alicyclic amines) is 1. The second-order valence-corrected chi connectivity index (χ2v) is 7.84. The molecule has 28 heavy (non-hydrogen) atoms. The number of aromatic nitrogens is 2. The number of halogens is 1. The molecule has 1 aliphatic carbocycles. The van der Waals surface area contributed by atoms with E-state index in [1.54, 1.807) is 12.1 Å². The van der Waals surface area contributed by atoms with Crippen LogP contribution >= 0.6 is 0 Å². The van der Waals surface area contributed by atoms with Gasteiger partial charge in [-0.2, -0.15) is 0 Å². The number of amides is 1. The van der Waals surface area contributed by atoms with Crippen LogP contribution in [-0.4, -0.2) is 33.4 Å². The minimum absolute atomic E-state index is 0.00246. The van der Waals surface area contributed by atoms with Crippen molar-refractivity contribution >= 4 is 16.9 Å². The molecule has 2 aromatic carbocycles. The van der Waals surface area contributed by atoms with Gasteiger partial charge in [0.1, 0.15) is 5.82 Å². The van der Waals surface area contributed by atoms with E-state index in [-0.39, 0.29) is 35.3 Å². The van der Waals surface area contributed by atoms with Gasteiger partial charge in [-0.3, -0.25) is 9.36 Å². The number of rotatable bonds is 3. The summed E-state index contributed by atoms with van der Waals surface area (Å²) in [7, 11) is 0. The van der Waals surface area contributed by atoms with E-state index in [4.69, 9.17) is 0 Å². The predicted molar refractivity (Wildman–Crippen MR) is 105 cm³/mol. The lowest BCUT2D eigenvalue weighted by Crippen LogP contribution is -2.41. The summed E-state index contributed by atoms with van der Waals surface area (Å²) >= 11 is 0. The molecule has 3 aromatic rings. The zero-order valence-electron chi connectivity index (χ0n) is 15.5. The van der Waals surface area contributed by atoms with Crippen LogP contribution in [-0.2, 0) is 4.79 Å². The van der Waals surface area contributed by atoms with Crippen LogP contribution < -0.4 is 5.69 Å². The van der Waals surface area contributed by atoms with Crippen LogP contribution in [0.3, 0.4) is 0 Å². The lowest BCUT2D eigenvalue weighted by molar-refractivity contribution is -0.134. The maximum Gasteiger partial charge on any atom is 0.326 e. The number of imidazole rings is 1. The number of hydrogen-bond acceptors (Lipinski definition) is 2. The fraction of sp³-hybridized carbons (Fsp3) is 0.364. The Balaban J connectivity index is 1.26. The van der Waals surface area contributed by atoms with Crippen LogP contribution in [0.2, 0.25) is 0 Å². The zero-order valence-corrected chi connectivity index (χ0v) is 15.5. The van der Waals surface area contributed by atoms with Crippen LogP contribution in [0.1, 0.15) is 36.8 Å². The number of para-hydroxylation sites is 2. The van der Waals surface area contributed by atoms with E-state index in [1.165, 1.54) is 6.07 Å². The highest BCUT2D eigenvalue weighted by atomic mass is 19.1. The summed E-state index contributed by atoms with van der Waals surface area (Å²) < 4.78 is 15.8. The standard InChI is InChI=1S/C22H22FN3O2/c23-18-6-2-1-5-15(18)16-13-17(16)21(27)25-11-9-14(10-12-25)26-20-8-4-3-7-19(20)24-22(26)28/h1-8,14,16-17H,9-13H2,(H,24,28)/t16-,17-/m0/s1. The van der Waals surface area contributed by atoms with Crippen molar-refractivity contribution in [2.45, 2.75) is 31.2 Å². The third-order valence-electron chi connectivity index (χ3n) is 6.18. The quantitative estimate of drug-likeness (QED) is 0.758. The molecule has 5 rings (SSSR count). The second kappa shape index (κ2) is 6.62.